The van der Waals surface area contributed by atoms with Gasteiger partial charge in [-0.05, 0) is 24.3 Å². The monoisotopic (exact) mass is 303 g/mol. The van der Waals surface area contributed by atoms with Gasteiger partial charge in [-0.1, -0.05) is 47.5 Å². The number of benzene rings is 2. The molecule has 2 aromatic carbocycles. The van der Waals surface area contributed by atoms with Gasteiger partial charge in [-0.25, -0.2) is 0 Å². The molecule has 20 heavy (non-hydrogen) atoms. The van der Waals surface area contributed by atoms with Crippen LogP contribution >= 0.6 is 23.2 Å². The van der Waals surface area contributed by atoms with Crippen LogP contribution in [0.2, 0.25) is 10.0 Å². The van der Waals surface area contributed by atoms with Gasteiger partial charge >= 0.3 is 0 Å². The van der Waals surface area contributed by atoms with Crippen LogP contribution in [0.5, 0.6) is 5.75 Å². The highest BCUT2D eigenvalue weighted by atomic mass is 35.5. The van der Waals surface area contributed by atoms with Crippen LogP contribution in [0.3, 0.4) is 0 Å². The second-order valence-corrected chi connectivity index (χ2v) is 5.20. The third-order valence-electron chi connectivity index (χ3n) is 2.99. The van der Waals surface area contributed by atoms with Crippen LogP contribution in [-0.2, 0) is 6.61 Å². The molecule has 0 N–H and O–H groups in total. The van der Waals surface area contributed by atoms with Crippen molar-refractivity contribution < 1.29 is 4.74 Å². The van der Waals surface area contributed by atoms with Crippen molar-refractivity contribution in [3.8, 4) is 5.75 Å². The summed E-state index contributed by atoms with van der Waals surface area (Å²) in [6.07, 6.45) is 1.75. The molecule has 0 unspecified atom stereocenters. The summed E-state index contributed by atoms with van der Waals surface area (Å²) in [4.78, 5) is 4.35. The SMILES string of the molecule is Clc1ccc(COc2cccc3cccnc23)c(Cl)c1. The molecule has 0 radical (unpaired) electrons. The van der Waals surface area contributed by atoms with E-state index in [2.05, 4.69) is 4.98 Å². The van der Waals surface area contributed by atoms with Crippen molar-refractivity contribution in [2.45, 2.75) is 6.61 Å². The van der Waals surface area contributed by atoms with Gasteiger partial charge in [-0.3, -0.25) is 4.98 Å². The molecule has 4 heteroatoms. The Hall–Kier alpha value is -1.77. The minimum Gasteiger partial charge on any atom is -0.487 e. The van der Waals surface area contributed by atoms with Gasteiger partial charge in [-0.15, -0.1) is 0 Å². The first-order valence-corrected chi connectivity index (χ1v) is 6.90. The number of aromatic nitrogens is 1. The first kappa shape index (κ1) is 13.2. The molecule has 0 fully saturated rings. The van der Waals surface area contributed by atoms with Crippen molar-refractivity contribution in [2.24, 2.45) is 0 Å². The summed E-state index contributed by atoms with van der Waals surface area (Å²) in [7, 11) is 0. The Balaban J connectivity index is 1.87. The molecule has 0 saturated carbocycles. The summed E-state index contributed by atoms with van der Waals surface area (Å²) in [6, 6.07) is 15.1. The van der Waals surface area contributed by atoms with Crippen LogP contribution in [0.1, 0.15) is 5.56 Å². The quantitative estimate of drug-likeness (QED) is 0.670. The third-order valence-corrected chi connectivity index (χ3v) is 3.58. The van der Waals surface area contributed by atoms with Gasteiger partial charge in [0.2, 0.25) is 0 Å². The predicted octanol–water partition coefficient (Wildman–Crippen LogP) is 5.12. The second kappa shape index (κ2) is 5.70. The number of para-hydroxylation sites is 1. The number of rotatable bonds is 3. The third kappa shape index (κ3) is 2.72. The molecule has 100 valence electrons. The predicted molar refractivity (Wildman–Crippen MR) is 82.5 cm³/mol. The summed E-state index contributed by atoms with van der Waals surface area (Å²) in [6.45, 7) is 0.381. The fourth-order valence-corrected chi connectivity index (χ4v) is 2.45. The number of hydrogen-bond acceptors (Lipinski definition) is 2. The average molecular weight is 304 g/mol. The smallest absolute Gasteiger partial charge is 0.146 e. The van der Waals surface area contributed by atoms with E-state index in [4.69, 9.17) is 27.9 Å². The maximum Gasteiger partial charge on any atom is 0.146 e. The molecule has 0 aliphatic heterocycles. The van der Waals surface area contributed by atoms with Crippen molar-refractivity contribution in [3.63, 3.8) is 0 Å². The van der Waals surface area contributed by atoms with Gasteiger partial charge in [0.15, 0.2) is 0 Å². The van der Waals surface area contributed by atoms with E-state index in [0.29, 0.717) is 16.7 Å². The molecule has 2 nitrogen and oxygen atoms in total. The van der Waals surface area contributed by atoms with Gasteiger partial charge in [0.25, 0.3) is 0 Å². The Morgan fingerprint density at radius 1 is 1.00 bits per heavy atom. The van der Waals surface area contributed by atoms with Gasteiger partial charge in [0.05, 0.1) is 0 Å². The van der Waals surface area contributed by atoms with E-state index >= 15 is 0 Å². The highest BCUT2D eigenvalue weighted by Crippen LogP contribution is 2.26. The molecule has 0 aliphatic rings. The van der Waals surface area contributed by atoms with Gasteiger partial charge in [-0.2, -0.15) is 0 Å². The Kier molecular flexibility index (Phi) is 3.77. The van der Waals surface area contributed by atoms with E-state index in [1.165, 1.54) is 0 Å². The van der Waals surface area contributed by atoms with E-state index in [9.17, 15) is 0 Å². The first-order valence-electron chi connectivity index (χ1n) is 6.14. The number of ether oxygens (including phenoxy) is 1. The number of nitrogens with zero attached hydrogens (tertiary/aromatic N) is 1. The molecule has 0 saturated heterocycles. The van der Waals surface area contributed by atoms with Crippen molar-refractivity contribution in [1.82, 2.24) is 4.98 Å². The zero-order valence-electron chi connectivity index (χ0n) is 10.5. The van der Waals surface area contributed by atoms with Crippen LogP contribution < -0.4 is 4.74 Å². The van der Waals surface area contributed by atoms with E-state index in [0.717, 1.165) is 22.2 Å². The highest BCUT2D eigenvalue weighted by molar-refractivity contribution is 6.35. The second-order valence-electron chi connectivity index (χ2n) is 4.36. The highest BCUT2D eigenvalue weighted by Gasteiger charge is 2.05. The number of hydrogen-bond donors (Lipinski definition) is 0. The van der Waals surface area contributed by atoms with Gasteiger partial charge < -0.3 is 4.74 Å². The summed E-state index contributed by atoms with van der Waals surface area (Å²) < 4.78 is 5.84. The summed E-state index contributed by atoms with van der Waals surface area (Å²) >= 11 is 12.0. The van der Waals surface area contributed by atoms with Crippen molar-refractivity contribution in [1.29, 1.82) is 0 Å². The molecule has 3 rings (SSSR count). The first-order chi connectivity index (χ1) is 9.74. The number of pyridine rings is 1. The summed E-state index contributed by atoms with van der Waals surface area (Å²) in [5, 5.41) is 2.27. The zero-order valence-corrected chi connectivity index (χ0v) is 12.0. The standard InChI is InChI=1S/C16H11Cl2NO/c17-13-7-6-12(14(18)9-13)10-20-15-5-1-3-11-4-2-8-19-16(11)15/h1-9H,10H2. The zero-order chi connectivity index (χ0) is 13.9. The van der Waals surface area contributed by atoms with E-state index in [1.54, 1.807) is 18.3 Å². The maximum absolute atomic E-state index is 6.13. The summed E-state index contributed by atoms with van der Waals surface area (Å²) in [5.74, 6) is 0.745. The van der Waals surface area contributed by atoms with Crippen LogP contribution in [-0.4, -0.2) is 4.98 Å². The Bertz CT molecular complexity index is 753. The molecule has 1 heterocycles. The molecule has 1 aromatic heterocycles. The number of fused-ring (bicyclic) bond motifs is 1. The van der Waals surface area contributed by atoms with Crippen molar-refractivity contribution in [3.05, 3.63) is 70.3 Å². The van der Waals surface area contributed by atoms with E-state index in [1.807, 2.05) is 36.4 Å². The molecule has 0 spiro atoms. The van der Waals surface area contributed by atoms with Crippen LogP contribution in [0, 0.1) is 0 Å². The molecule has 0 amide bonds. The normalized spacial score (nSPS) is 10.7. The fraction of sp³-hybridized carbons (Fsp3) is 0.0625. The van der Waals surface area contributed by atoms with Crippen molar-refractivity contribution >= 4 is 34.1 Å². The summed E-state index contributed by atoms with van der Waals surface area (Å²) in [5.41, 5.74) is 1.74. The van der Waals surface area contributed by atoms with Gasteiger partial charge in [0.1, 0.15) is 17.9 Å². The van der Waals surface area contributed by atoms with E-state index < -0.39 is 0 Å². The Morgan fingerprint density at radius 2 is 1.85 bits per heavy atom. The van der Waals surface area contributed by atoms with Gasteiger partial charge in [0, 0.05) is 27.2 Å². The Morgan fingerprint density at radius 3 is 2.70 bits per heavy atom. The minimum atomic E-state index is 0.381. The molecule has 0 bridgehead atoms. The maximum atomic E-state index is 6.13. The molecule has 0 atom stereocenters. The topological polar surface area (TPSA) is 22.1 Å². The Labute approximate surface area is 126 Å². The van der Waals surface area contributed by atoms with E-state index in [-0.39, 0.29) is 0 Å². The average Bonchev–Trinajstić information content (AvgIpc) is 2.46. The lowest BCUT2D eigenvalue weighted by atomic mass is 10.2. The number of halogens is 2. The van der Waals surface area contributed by atoms with Crippen LogP contribution in [0.4, 0.5) is 0 Å². The lowest BCUT2D eigenvalue weighted by Crippen LogP contribution is -1.97. The molecule has 3 aromatic rings. The lowest BCUT2D eigenvalue weighted by Gasteiger charge is -2.10. The minimum absolute atomic E-state index is 0.381. The molecular formula is C16H11Cl2NO. The van der Waals surface area contributed by atoms with Crippen LogP contribution in [0.25, 0.3) is 10.9 Å². The lowest BCUT2D eigenvalue weighted by molar-refractivity contribution is 0.309. The fourth-order valence-electron chi connectivity index (χ4n) is 1.99. The van der Waals surface area contributed by atoms with Crippen LogP contribution in [0.15, 0.2) is 54.7 Å². The largest absolute Gasteiger partial charge is 0.487 e. The molecular weight excluding hydrogens is 293 g/mol. The van der Waals surface area contributed by atoms with Crippen molar-refractivity contribution in [2.75, 3.05) is 0 Å². The molecule has 0 aliphatic carbocycles.